The van der Waals surface area contributed by atoms with Gasteiger partial charge in [-0.15, -0.1) is 0 Å². The van der Waals surface area contributed by atoms with E-state index in [1.54, 1.807) is 37.4 Å². The predicted octanol–water partition coefficient (Wildman–Crippen LogP) is 1.70. The summed E-state index contributed by atoms with van der Waals surface area (Å²) in [7, 11) is -1.88. The second-order valence-corrected chi connectivity index (χ2v) is 10.0. The zero-order valence-electron chi connectivity index (χ0n) is 18.4. The number of nitrogens with zero attached hydrogens (tertiary/aromatic N) is 1. The van der Waals surface area contributed by atoms with Gasteiger partial charge in [-0.05, 0) is 30.3 Å². The van der Waals surface area contributed by atoms with E-state index in [9.17, 15) is 18.0 Å². The topological polar surface area (TPSA) is 139 Å². The number of urea groups is 1. The molecule has 12 heteroatoms. The van der Waals surface area contributed by atoms with Crippen molar-refractivity contribution in [2.75, 3.05) is 31.4 Å². The number of ether oxygens (including phenoxy) is 2. The lowest BCUT2D eigenvalue weighted by molar-refractivity contribution is -0.126. The predicted molar refractivity (Wildman–Crippen MR) is 122 cm³/mol. The molecule has 3 amide bonds. The summed E-state index contributed by atoms with van der Waals surface area (Å²) >= 11 is 0. The number of rotatable bonds is 6. The van der Waals surface area contributed by atoms with Gasteiger partial charge in [0, 0.05) is 35.8 Å². The van der Waals surface area contributed by atoms with Gasteiger partial charge in [-0.1, -0.05) is 6.07 Å². The number of carbonyl (C=O) groups excluding carboxylic acids is 2. The van der Waals surface area contributed by atoms with Crippen LogP contribution in [0.25, 0.3) is 11.0 Å². The Kier molecular flexibility index (Phi) is 5.14. The van der Waals surface area contributed by atoms with Gasteiger partial charge in [-0.2, -0.15) is 0 Å². The van der Waals surface area contributed by atoms with Crippen LogP contribution in [0.5, 0.6) is 11.5 Å². The summed E-state index contributed by atoms with van der Waals surface area (Å²) in [6.07, 6.45) is 1.06. The van der Waals surface area contributed by atoms with E-state index >= 15 is 0 Å². The van der Waals surface area contributed by atoms with Crippen LogP contribution in [0.4, 0.5) is 10.5 Å². The number of imide groups is 1. The lowest BCUT2D eigenvalue weighted by Gasteiger charge is -2.34. The molecule has 0 aliphatic carbocycles. The summed E-state index contributed by atoms with van der Waals surface area (Å²) in [6.45, 7) is 0.755. The number of hydrogen-bond donors (Lipinski definition) is 3. The first-order valence-corrected chi connectivity index (χ1v) is 12.2. The second kappa shape index (κ2) is 7.92. The van der Waals surface area contributed by atoms with E-state index in [1.807, 2.05) is 17.0 Å². The minimum atomic E-state index is -3.46. The molecule has 1 fully saturated rings. The van der Waals surface area contributed by atoms with Crippen molar-refractivity contribution in [3.63, 3.8) is 0 Å². The van der Waals surface area contributed by atoms with Crippen molar-refractivity contribution in [3.05, 3.63) is 53.8 Å². The lowest BCUT2D eigenvalue weighted by Crippen LogP contribution is -2.53. The van der Waals surface area contributed by atoms with Gasteiger partial charge in [0.25, 0.3) is 5.91 Å². The molecule has 0 radical (unpaired) electrons. The van der Waals surface area contributed by atoms with Crippen LogP contribution in [0, 0.1) is 0 Å². The zero-order chi connectivity index (χ0) is 24.1. The zero-order valence-corrected chi connectivity index (χ0v) is 19.2. The Balaban J connectivity index is 1.47. The standard InChI is InChI=1S/C22H22N4O7S/c1-31-16-5-3-13-10-26(12-32-18(13)9-16)11-22(20(27)23-21(28)24-22)19-8-14-7-15(25-34(2,29)30)4-6-17(14)33-19/h3-9,25H,10-12H2,1-2H3,(H2,23,24,27,28)/t22-/m0/s1. The van der Waals surface area contributed by atoms with Gasteiger partial charge in [0.1, 0.15) is 29.6 Å². The smallest absolute Gasteiger partial charge is 0.322 e. The van der Waals surface area contributed by atoms with Gasteiger partial charge in [0.05, 0.1) is 13.4 Å². The summed E-state index contributed by atoms with van der Waals surface area (Å²) in [4.78, 5) is 27.0. The molecule has 178 valence electrons. The molecule has 1 saturated heterocycles. The Labute approximate surface area is 195 Å². The monoisotopic (exact) mass is 486 g/mol. The number of amides is 3. The summed E-state index contributed by atoms with van der Waals surface area (Å²) in [6, 6.07) is 11.3. The third-order valence-corrected chi connectivity index (χ3v) is 6.32. The molecular weight excluding hydrogens is 464 g/mol. The van der Waals surface area contributed by atoms with Crippen LogP contribution in [0.1, 0.15) is 11.3 Å². The molecule has 2 aromatic carbocycles. The molecular formula is C22H22N4O7S. The average molecular weight is 487 g/mol. The first kappa shape index (κ1) is 22.0. The fraction of sp³-hybridized carbons (Fsp3) is 0.273. The molecule has 3 heterocycles. The van der Waals surface area contributed by atoms with Crippen LogP contribution in [-0.2, 0) is 26.9 Å². The number of nitrogens with one attached hydrogen (secondary N) is 3. The number of carbonyl (C=O) groups is 2. The van der Waals surface area contributed by atoms with E-state index in [0.717, 1.165) is 11.8 Å². The Morgan fingerprint density at radius 3 is 2.71 bits per heavy atom. The Morgan fingerprint density at radius 2 is 2.00 bits per heavy atom. The van der Waals surface area contributed by atoms with Crippen LogP contribution in [0.15, 0.2) is 46.9 Å². The van der Waals surface area contributed by atoms with E-state index < -0.39 is 27.5 Å². The molecule has 0 bridgehead atoms. The van der Waals surface area contributed by atoms with Gasteiger partial charge >= 0.3 is 6.03 Å². The number of anilines is 1. The van der Waals surface area contributed by atoms with E-state index in [2.05, 4.69) is 15.4 Å². The second-order valence-electron chi connectivity index (χ2n) is 8.29. The van der Waals surface area contributed by atoms with E-state index in [1.165, 1.54) is 0 Å². The molecule has 1 atom stereocenters. The molecule has 0 spiro atoms. The lowest BCUT2D eigenvalue weighted by atomic mass is 9.94. The molecule has 1 aromatic heterocycles. The molecule has 3 aromatic rings. The minimum absolute atomic E-state index is 0.0876. The molecule has 34 heavy (non-hydrogen) atoms. The number of fused-ring (bicyclic) bond motifs is 2. The molecule has 2 aliphatic rings. The summed E-state index contributed by atoms with van der Waals surface area (Å²) < 4.78 is 42.6. The number of methoxy groups -OCH3 is 1. The minimum Gasteiger partial charge on any atom is -0.497 e. The molecule has 3 N–H and O–H groups in total. The van der Waals surface area contributed by atoms with Crippen molar-refractivity contribution in [1.82, 2.24) is 15.5 Å². The number of hydrogen-bond acceptors (Lipinski definition) is 8. The van der Waals surface area contributed by atoms with Crippen molar-refractivity contribution < 1.29 is 31.9 Å². The summed E-state index contributed by atoms with van der Waals surface area (Å²) in [5, 5.41) is 5.58. The van der Waals surface area contributed by atoms with Crippen molar-refractivity contribution in [3.8, 4) is 11.5 Å². The van der Waals surface area contributed by atoms with E-state index in [-0.39, 0.29) is 19.0 Å². The first-order valence-electron chi connectivity index (χ1n) is 10.3. The van der Waals surface area contributed by atoms with Gasteiger partial charge < -0.3 is 19.2 Å². The van der Waals surface area contributed by atoms with E-state index in [0.29, 0.717) is 34.7 Å². The van der Waals surface area contributed by atoms with Crippen molar-refractivity contribution in [2.24, 2.45) is 0 Å². The molecule has 0 saturated carbocycles. The normalized spacial score (nSPS) is 20.4. The van der Waals surface area contributed by atoms with Crippen LogP contribution < -0.4 is 24.8 Å². The first-order chi connectivity index (χ1) is 16.1. The van der Waals surface area contributed by atoms with Crippen LogP contribution in [-0.4, -0.2) is 51.9 Å². The van der Waals surface area contributed by atoms with Crippen molar-refractivity contribution in [1.29, 1.82) is 0 Å². The third kappa shape index (κ3) is 4.01. The Morgan fingerprint density at radius 1 is 1.18 bits per heavy atom. The Hall–Kier alpha value is -3.77. The molecule has 5 rings (SSSR count). The fourth-order valence-corrected chi connectivity index (χ4v) is 4.75. The quantitative estimate of drug-likeness (QED) is 0.448. The molecule has 0 unspecified atom stereocenters. The SMILES string of the molecule is COc1ccc2c(c1)OCN(C[C@@]1(c3cc4cc(NS(C)(=O)=O)ccc4o3)NC(=O)NC1=O)C2. The summed E-state index contributed by atoms with van der Waals surface area (Å²) in [5.74, 6) is 1.05. The molecule has 2 aliphatic heterocycles. The molecule has 11 nitrogen and oxygen atoms in total. The van der Waals surface area contributed by atoms with E-state index in [4.69, 9.17) is 13.9 Å². The number of sulfonamides is 1. The van der Waals surface area contributed by atoms with Gasteiger partial charge in [-0.25, -0.2) is 13.2 Å². The highest BCUT2D eigenvalue weighted by molar-refractivity contribution is 7.92. The maximum atomic E-state index is 13.0. The highest BCUT2D eigenvalue weighted by atomic mass is 32.2. The average Bonchev–Trinajstić information content (AvgIpc) is 3.32. The number of benzene rings is 2. The third-order valence-electron chi connectivity index (χ3n) is 5.71. The maximum absolute atomic E-state index is 13.0. The van der Waals surface area contributed by atoms with Crippen molar-refractivity contribution in [2.45, 2.75) is 12.1 Å². The Bertz CT molecular complexity index is 1420. The van der Waals surface area contributed by atoms with Gasteiger partial charge in [-0.3, -0.25) is 19.7 Å². The maximum Gasteiger partial charge on any atom is 0.322 e. The summed E-state index contributed by atoms with van der Waals surface area (Å²) in [5.41, 5.74) is 0.212. The van der Waals surface area contributed by atoms with Gasteiger partial charge in [0.15, 0.2) is 5.54 Å². The highest BCUT2D eigenvalue weighted by Crippen LogP contribution is 2.35. The fourth-order valence-electron chi connectivity index (χ4n) is 4.20. The van der Waals surface area contributed by atoms with Gasteiger partial charge in [0.2, 0.25) is 10.0 Å². The largest absolute Gasteiger partial charge is 0.497 e. The number of furan rings is 1. The van der Waals surface area contributed by atoms with Crippen LogP contribution in [0.3, 0.4) is 0 Å². The highest BCUT2D eigenvalue weighted by Gasteiger charge is 2.51. The van der Waals surface area contributed by atoms with Crippen LogP contribution in [0.2, 0.25) is 0 Å². The van der Waals surface area contributed by atoms with Crippen LogP contribution >= 0.6 is 0 Å². The van der Waals surface area contributed by atoms with Crippen molar-refractivity contribution >= 4 is 38.6 Å².